The van der Waals surface area contributed by atoms with Gasteiger partial charge in [-0.2, -0.15) is 0 Å². The molecule has 0 bridgehead atoms. The number of benzene rings is 1. The van der Waals surface area contributed by atoms with Crippen LogP contribution in [0.5, 0.6) is 0 Å². The van der Waals surface area contributed by atoms with Crippen LogP contribution in [0.25, 0.3) is 11.5 Å². The highest BCUT2D eigenvalue weighted by molar-refractivity contribution is 5.83. The summed E-state index contributed by atoms with van der Waals surface area (Å²) in [6.45, 7) is 1.84. The Balaban J connectivity index is 1.46. The molecule has 0 unspecified atom stereocenters. The molecule has 0 saturated carbocycles. The topological polar surface area (TPSA) is 75.9 Å². The number of aromatic nitrogens is 1. The number of oxazole rings is 1. The summed E-state index contributed by atoms with van der Waals surface area (Å²) in [6.07, 6.45) is 0.208. The fraction of sp³-hybridized carbons (Fsp3) is 0.353. The van der Waals surface area contributed by atoms with E-state index in [0.29, 0.717) is 38.6 Å². The molecule has 1 aromatic carbocycles. The van der Waals surface area contributed by atoms with Gasteiger partial charge in [-0.25, -0.2) is 9.78 Å². The third-order valence-electron chi connectivity index (χ3n) is 4.27. The zero-order chi connectivity index (χ0) is 16.5. The van der Waals surface area contributed by atoms with Gasteiger partial charge in [0.2, 0.25) is 11.8 Å². The van der Waals surface area contributed by atoms with Crippen LogP contribution in [0.3, 0.4) is 0 Å². The number of carbonyl (C=O) groups is 2. The predicted molar refractivity (Wildman–Crippen MR) is 84.0 cm³/mol. The lowest BCUT2D eigenvalue weighted by Crippen LogP contribution is -2.42. The number of rotatable bonds is 3. The molecule has 124 valence electrons. The van der Waals surface area contributed by atoms with Crippen molar-refractivity contribution in [3.8, 4) is 11.5 Å². The highest BCUT2D eigenvalue weighted by atomic mass is 16.6. The van der Waals surface area contributed by atoms with E-state index in [9.17, 15) is 9.59 Å². The first kappa shape index (κ1) is 14.7. The van der Waals surface area contributed by atoms with Crippen LogP contribution in [0, 0.1) is 0 Å². The quantitative estimate of drug-likeness (QED) is 0.857. The lowest BCUT2D eigenvalue weighted by molar-refractivity contribution is -0.132. The Labute approximate surface area is 138 Å². The maximum absolute atomic E-state index is 12.4. The number of fused-ring (bicyclic) bond motifs is 1. The minimum atomic E-state index is -0.422. The Morgan fingerprint density at radius 1 is 1.21 bits per heavy atom. The zero-order valence-electron chi connectivity index (χ0n) is 13.1. The van der Waals surface area contributed by atoms with Gasteiger partial charge in [-0.15, -0.1) is 0 Å². The van der Waals surface area contributed by atoms with Crippen molar-refractivity contribution in [3.05, 3.63) is 41.8 Å². The summed E-state index contributed by atoms with van der Waals surface area (Å²) in [6, 6.07) is 9.70. The number of hydrogen-bond acceptors (Lipinski definition) is 5. The summed E-state index contributed by atoms with van der Waals surface area (Å²) in [5.74, 6) is 1.32. The van der Waals surface area contributed by atoms with Gasteiger partial charge in [-0.1, -0.05) is 18.2 Å². The van der Waals surface area contributed by atoms with Crippen LogP contribution in [-0.4, -0.2) is 53.0 Å². The average Bonchev–Trinajstić information content (AvgIpc) is 3.21. The van der Waals surface area contributed by atoms with E-state index in [1.807, 2.05) is 30.3 Å². The molecule has 2 aromatic rings. The number of cyclic esters (lactones) is 1. The van der Waals surface area contributed by atoms with Crippen molar-refractivity contribution in [1.29, 1.82) is 0 Å². The molecular formula is C17H17N3O4. The summed E-state index contributed by atoms with van der Waals surface area (Å²) in [5.41, 5.74) is 1.71. The molecule has 24 heavy (non-hydrogen) atoms. The smallest absolute Gasteiger partial charge is 0.410 e. The molecule has 2 aliphatic rings. The van der Waals surface area contributed by atoms with Crippen LogP contribution in [-0.2, 0) is 22.5 Å². The van der Waals surface area contributed by atoms with E-state index in [4.69, 9.17) is 9.15 Å². The van der Waals surface area contributed by atoms with Crippen LogP contribution >= 0.6 is 0 Å². The lowest BCUT2D eigenvalue weighted by atomic mass is 10.1. The van der Waals surface area contributed by atoms with E-state index in [-0.39, 0.29) is 12.5 Å². The molecule has 1 fully saturated rings. The SMILES string of the molecule is O=C(CN1CCOC1=O)N1CCc2oc(-c3ccccc3)nc2C1. The van der Waals surface area contributed by atoms with Crippen molar-refractivity contribution in [1.82, 2.24) is 14.8 Å². The Kier molecular flexibility index (Phi) is 3.68. The number of amides is 2. The zero-order valence-corrected chi connectivity index (χ0v) is 13.1. The number of carbonyl (C=O) groups excluding carboxylic acids is 2. The number of nitrogens with zero attached hydrogens (tertiary/aromatic N) is 3. The standard InChI is InChI=1S/C17H17N3O4/c21-15(11-20-8-9-23-17(20)22)19-7-6-14-13(10-19)18-16(24-14)12-4-2-1-3-5-12/h1-5H,6-11H2. The molecule has 0 radical (unpaired) electrons. The Morgan fingerprint density at radius 3 is 2.79 bits per heavy atom. The number of hydrogen-bond donors (Lipinski definition) is 0. The number of ether oxygens (including phenoxy) is 1. The second kappa shape index (κ2) is 5.99. The minimum Gasteiger partial charge on any atom is -0.448 e. The van der Waals surface area contributed by atoms with E-state index in [0.717, 1.165) is 17.0 Å². The largest absolute Gasteiger partial charge is 0.448 e. The maximum Gasteiger partial charge on any atom is 0.410 e. The molecule has 7 heteroatoms. The van der Waals surface area contributed by atoms with Gasteiger partial charge in [-0.05, 0) is 12.1 Å². The van der Waals surface area contributed by atoms with Gasteiger partial charge in [-0.3, -0.25) is 9.69 Å². The van der Waals surface area contributed by atoms with Crippen molar-refractivity contribution in [2.45, 2.75) is 13.0 Å². The molecule has 1 saturated heterocycles. The average molecular weight is 327 g/mol. The van der Waals surface area contributed by atoms with Crippen molar-refractivity contribution >= 4 is 12.0 Å². The molecule has 7 nitrogen and oxygen atoms in total. The second-order valence-corrected chi connectivity index (χ2v) is 5.86. The third-order valence-corrected chi connectivity index (χ3v) is 4.27. The molecule has 2 amide bonds. The van der Waals surface area contributed by atoms with Crippen LogP contribution in [0.2, 0.25) is 0 Å². The Bertz CT molecular complexity index is 771. The monoisotopic (exact) mass is 327 g/mol. The summed E-state index contributed by atoms with van der Waals surface area (Å²) in [4.78, 5) is 31.5. The second-order valence-electron chi connectivity index (χ2n) is 5.86. The minimum absolute atomic E-state index is 0.0531. The summed E-state index contributed by atoms with van der Waals surface area (Å²) in [7, 11) is 0. The van der Waals surface area contributed by atoms with E-state index in [1.165, 1.54) is 4.90 Å². The summed E-state index contributed by atoms with van der Waals surface area (Å²) in [5, 5.41) is 0. The van der Waals surface area contributed by atoms with Crippen molar-refractivity contribution < 1.29 is 18.7 Å². The van der Waals surface area contributed by atoms with Crippen molar-refractivity contribution in [2.24, 2.45) is 0 Å². The van der Waals surface area contributed by atoms with E-state index in [1.54, 1.807) is 4.90 Å². The normalized spacial score (nSPS) is 16.9. The van der Waals surface area contributed by atoms with Crippen molar-refractivity contribution in [3.63, 3.8) is 0 Å². The van der Waals surface area contributed by atoms with Crippen molar-refractivity contribution in [2.75, 3.05) is 26.2 Å². The molecule has 2 aliphatic heterocycles. The highest BCUT2D eigenvalue weighted by Crippen LogP contribution is 2.26. The molecule has 3 heterocycles. The molecule has 0 N–H and O–H groups in total. The van der Waals surface area contributed by atoms with Gasteiger partial charge in [0.1, 0.15) is 24.6 Å². The van der Waals surface area contributed by atoms with Gasteiger partial charge in [0, 0.05) is 18.5 Å². The van der Waals surface area contributed by atoms with Crippen LogP contribution in [0.4, 0.5) is 4.79 Å². The van der Waals surface area contributed by atoms with Gasteiger partial charge < -0.3 is 14.1 Å². The van der Waals surface area contributed by atoms with Gasteiger partial charge in [0.15, 0.2) is 0 Å². The first-order valence-corrected chi connectivity index (χ1v) is 7.94. The Morgan fingerprint density at radius 2 is 2.04 bits per heavy atom. The summed E-state index contributed by atoms with van der Waals surface area (Å²) < 4.78 is 10.7. The fourth-order valence-corrected chi connectivity index (χ4v) is 2.95. The van der Waals surface area contributed by atoms with Crippen LogP contribution in [0.1, 0.15) is 11.5 Å². The predicted octanol–water partition coefficient (Wildman–Crippen LogP) is 1.68. The first-order chi connectivity index (χ1) is 11.7. The highest BCUT2D eigenvalue weighted by Gasteiger charge is 2.30. The fourth-order valence-electron chi connectivity index (χ4n) is 2.95. The van der Waals surface area contributed by atoms with Gasteiger partial charge in [0.05, 0.1) is 13.1 Å². The molecule has 0 atom stereocenters. The Hall–Kier alpha value is -2.83. The van der Waals surface area contributed by atoms with E-state index >= 15 is 0 Å². The summed E-state index contributed by atoms with van der Waals surface area (Å²) >= 11 is 0. The molecule has 4 rings (SSSR count). The van der Waals surface area contributed by atoms with E-state index < -0.39 is 6.09 Å². The van der Waals surface area contributed by atoms with Crippen LogP contribution < -0.4 is 0 Å². The van der Waals surface area contributed by atoms with Gasteiger partial charge >= 0.3 is 6.09 Å². The first-order valence-electron chi connectivity index (χ1n) is 7.94. The molecule has 0 spiro atoms. The van der Waals surface area contributed by atoms with Gasteiger partial charge in [0.25, 0.3) is 0 Å². The maximum atomic E-state index is 12.4. The molecule has 0 aliphatic carbocycles. The van der Waals surface area contributed by atoms with E-state index in [2.05, 4.69) is 4.98 Å². The molecule has 1 aromatic heterocycles. The molecular weight excluding hydrogens is 310 g/mol. The lowest BCUT2D eigenvalue weighted by Gasteiger charge is -2.26. The van der Waals surface area contributed by atoms with Crippen LogP contribution in [0.15, 0.2) is 34.7 Å². The third kappa shape index (κ3) is 2.73.